The van der Waals surface area contributed by atoms with Crippen molar-refractivity contribution in [3.63, 3.8) is 0 Å². The fourth-order valence-corrected chi connectivity index (χ4v) is 14.9. The summed E-state index contributed by atoms with van der Waals surface area (Å²) in [5.74, 6) is 2.33. The van der Waals surface area contributed by atoms with E-state index >= 15 is 0 Å². The molecule has 0 unspecified atom stereocenters. The van der Waals surface area contributed by atoms with E-state index in [0.29, 0.717) is 0 Å². The first kappa shape index (κ1) is 52.9. The number of aromatic nitrogens is 4. The van der Waals surface area contributed by atoms with Crippen LogP contribution in [0.5, 0.6) is 11.5 Å². The first-order valence-electron chi connectivity index (χ1n) is 29.7. The standard InChI is InChI=1S/C79H66N4O.Pt/c1-76(2,3)52-40-51(41-53(42-52)77(4,5)6)63-44-54(78(7,8)9)43-62(50-24-11-10-12-25-50)75(63)82-49-81(70-34-19-20-35-71(70)82)55-26-23-27-56(45-55)84-57-37-38-61-65-47-64-60-30-15-18-33-68(60)79(66-31-16-13-28-58(66)59-29-14-17-32-67(59)79)69(64)48-73(65)83(72(61)46-57)74-36-21-22-39-80-74;/h10-48H,1-9H3;. The molecule has 1 spiro atoms. The molecule has 0 fully saturated rings. The molecule has 2 aliphatic rings. The summed E-state index contributed by atoms with van der Waals surface area (Å²) < 4.78 is 15.3. The molecule has 0 atom stereocenters. The van der Waals surface area contributed by atoms with Crippen LogP contribution in [-0.4, -0.2) is 18.7 Å². The Kier molecular flexibility index (Phi) is 12.0. The third kappa shape index (κ3) is 8.29. The zero-order valence-electron chi connectivity index (χ0n) is 49.5. The van der Waals surface area contributed by atoms with Crippen LogP contribution in [0.1, 0.15) is 101 Å². The molecular formula is C79H66N4OPt. The summed E-state index contributed by atoms with van der Waals surface area (Å²) in [6.45, 7) is 21.0. The van der Waals surface area contributed by atoms with Crippen LogP contribution in [0.2, 0.25) is 0 Å². The summed E-state index contributed by atoms with van der Waals surface area (Å²) in [7, 11) is 0. The first-order valence-corrected chi connectivity index (χ1v) is 30.8. The van der Waals surface area contributed by atoms with Gasteiger partial charge in [-0.15, -0.1) is 0 Å². The Hall–Kier alpha value is -8.89. The van der Waals surface area contributed by atoms with E-state index in [2.05, 4.69) is 320 Å². The summed E-state index contributed by atoms with van der Waals surface area (Å²) in [5.41, 5.74) is 24.9. The minimum atomic E-state index is -0.474. The number of nitrogens with zero attached hydrogens (tertiary/aromatic N) is 4. The van der Waals surface area contributed by atoms with Gasteiger partial charge in [0.05, 0.1) is 5.41 Å². The SMILES string of the molecule is CC(C)(C)c1cc(-c2cc(C(C)(C)C)cc(-c3ccccc3)c2-n2[c](=[Pt])n(-c3cccc(Oc4ccc5c6cc7c(cc6n(-c6ccccn6)c5c4)C4(c5ccccc5-c5ccccc54)c4ccccc4-7)c3)c3ccccc32)cc(C(C)(C)C)c1. The fourth-order valence-electron chi connectivity index (χ4n) is 13.8. The van der Waals surface area contributed by atoms with E-state index in [9.17, 15) is 0 Å². The maximum atomic E-state index is 7.08. The van der Waals surface area contributed by atoms with E-state index < -0.39 is 5.41 Å². The van der Waals surface area contributed by atoms with Crippen molar-refractivity contribution in [1.29, 1.82) is 0 Å². The van der Waals surface area contributed by atoms with Gasteiger partial charge in [-0.2, -0.15) is 0 Å². The molecule has 0 N–H and O–H groups in total. The zero-order valence-corrected chi connectivity index (χ0v) is 51.8. The van der Waals surface area contributed by atoms with Crippen LogP contribution in [0.4, 0.5) is 0 Å². The average Bonchev–Trinajstić information content (AvgIpc) is 1.58. The summed E-state index contributed by atoms with van der Waals surface area (Å²) in [5, 5.41) is 2.31. The second-order valence-electron chi connectivity index (χ2n) is 26.3. The minimum absolute atomic E-state index is 0.0670. The number of benzene rings is 10. The van der Waals surface area contributed by atoms with Gasteiger partial charge in [-0.25, -0.2) is 0 Å². The van der Waals surface area contributed by atoms with Crippen molar-refractivity contribution in [2.45, 2.75) is 84.0 Å². The third-order valence-corrected chi connectivity index (χ3v) is 19.0. The van der Waals surface area contributed by atoms with Gasteiger partial charge in [0.25, 0.3) is 0 Å². The van der Waals surface area contributed by atoms with Crippen molar-refractivity contribution < 1.29 is 24.1 Å². The van der Waals surface area contributed by atoms with Crippen LogP contribution in [-0.2, 0) is 41.0 Å². The van der Waals surface area contributed by atoms with E-state index in [-0.39, 0.29) is 16.2 Å². The average molecular weight is 1280 g/mol. The molecule has 2 aliphatic carbocycles. The predicted molar refractivity (Wildman–Crippen MR) is 348 cm³/mol. The van der Waals surface area contributed by atoms with Gasteiger partial charge >= 0.3 is 371 Å². The number of fused-ring (bicyclic) bond motifs is 14. The van der Waals surface area contributed by atoms with Gasteiger partial charge < -0.3 is 0 Å². The van der Waals surface area contributed by atoms with Crippen LogP contribution in [0.25, 0.3) is 94.5 Å². The molecule has 6 heteroatoms. The van der Waals surface area contributed by atoms with Gasteiger partial charge in [-0.1, -0.05) is 78.9 Å². The van der Waals surface area contributed by atoms with Crippen molar-refractivity contribution >= 4 is 32.8 Å². The summed E-state index contributed by atoms with van der Waals surface area (Å²) in [6.07, 6.45) is 1.89. The van der Waals surface area contributed by atoms with E-state index in [4.69, 9.17) is 9.72 Å². The quantitative estimate of drug-likeness (QED) is 0.159. The molecule has 0 bridgehead atoms. The molecule has 3 aromatic heterocycles. The van der Waals surface area contributed by atoms with Gasteiger partial charge in [0.2, 0.25) is 0 Å². The molecule has 0 saturated heterocycles. The number of para-hydroxylation sites is 2. The monoisotopic (exact) mass is 1280 g/mol. The first-order chi connectivity index (χ1) is 41.0. The van der Waals surface area contributed by atoms with Crippen molar-refractivity contribution in [2.24, 2.45) is 0 Å². The molecule has 0 amide bonds. The van der Waals surface area contributed by atoms with Gasteiger partial charge in [0.1, 0.15) is 0 Å². The molecule has 0 radical (unpaired) electrons. The van der Waals surface area contributed by atoms with E-state index in [0.717, 1.165) is 59.9 Å². The number of ether oxygens (including phenoxy) is 1. The number of hydrogen-bond donors (Lipinski definition) is 0. The van der Waals surface area contributed by atoms with Crippen molar-refractivity contribution in [3.05, 3.63) is 279 Å². The van der Waals surface area contributed by atoms with E-state index in [1.807, 2.05) is 12.3 Å². The molecule has 0 aliphatic heterocycles. The van der Waals surface area contributed by atoms with Gasteiger partial charge in [-0.3, -0.25) is 0 Å². The third-order valence-electron chi connectivity index (χ3n) is 18.0. The van der Waals surface area contributed by atoms with Crippen LogP contribution < -0.4 is 4.74 Å². The second-order valence-corrected chi connectivity index (χ2v) is 27.4. The molecule has 10 aromatic carbocycles. The second kappa shape index (κ2) is 19.3. The summed E-state index contributed by atoms with van der Waals surface area (Å²) in [4.78, 5) is 5.03. The fraction of sp³-hybridized carbons (Fsp3) is 0.165. The van der Waals surface area contributed by atoms with Crippen LogP contribution >= 0.6 is 0 Å². The topological polar surface area (TPSA) is 36.9 Å². The van der Waals surface area contributed by atoms with Crippen LogP contribution in [0.3, 0.4) is 0 Å². The van der Waals surface area contributed by atoms with Crippen molar-refractivity contribution in [3.8, 4) is 73.2 Å². The van der Waals surface area contributed by atoms with Crippen LogP contribution in [0.15, 0.2) is 237 Å². The molecule has 418 valence electrons. The Morgan fingerprint density at radius 3 is 1.51 bits per heavy atom. The predicted octanol–water partition coefficient (Wildman–Crippen LogP) is 20.4. The number of imidazole rings is 1. The Balaban J connectivity index is 0.898. The zero-order chi connectivity index (χ0) is 58.3. The molecule has 85 heavy (non-hydrogen) atoms. The Morgan fingerprint density at radius 1 is 0.365 bits per heavy atom. The van der Waals surface area contributed by atoms with Gasteiger partial charge in [-0.05, 0) is 50.6 Å². The molecule has 15 rings (SSSR count). The van der Waals surface area contributed by atoms with Crippen LogP contribution in [0, 0.1) is 3.80 Å². The Labute approximate surface area is 508 Å². The number of pyridine rings is 1. The molecule has 3 heterocycles. The normalized spacial score (nSPS) is 13.4. The Morgan fingerprint density at radius 2 is 0.894 bits per heavy atom. The van der Waals surface area contributed by atoms with Crippen molar-refractivity contribution in [1.82, 2.24) is 18.7 Å². The van der Waals surface area contributed by atoms with E-state index in [1.54, 1.807) is 0 Å². The number of rotatable bonds is 7. The van der Waals surface area contributed by atoms with Gasteiger partial charge in [0, 0.05) is 6.20 Å². The summed E-state index contributed by atoms with van der Waals surface area (Å²) in [6, 6.07) is 85.3. The maximum absolute atomic E-state index is 7.08. The Bertz CT molecular complexity index is 4860. The van der Waals surface area contributed by atoms with Gasteiger partial charge in [0.15, 0.2) is 0 Å². The van der Waals surface area contributed by atoms with Crippen molar-refractivity contribution in [2.75, 3.05) is 0 Å². The molecular weight excluding hydrogens is 1220 g/mol. The molecule has 13 aromatic rings. The molecule has 0 saturated carbocycles. The molecule has 5 nitrogen and oxygen atoms in total. The van der Waals surface area contributed by atoms with E-state index in [1.165, 1.54) is 88.8 Å². The summed E-state index contributed by atoms with van der Waals surface area (Å²) >= 11 is 2.57. The number of hydrogen-bond acceptors (Lipinski definition) is 2.